The summed E-state index contributed by atoms with van der Waals surface area (Å²) in [5.74, 6) is -1.23. The Labute approximate surface area is 468 Å². The molecule has 1 unspecified atom stereocenters. The van der Waals surface area contributed by atoms with Gasteiger partial charge in [0.05, 0.1) is 38.7 Å². The number of piperidine rings is 1. The third kappa shape index (κ3) is 10.0. The van der Waals surface area contributed by atoms with E-state index in [1.807, 2.05) is 44.2 Å². The monoisotopic (exact) mass is 1090 g/mol. The predicted octanol–water partition coefficient (Wildman–Crippen LogP) is 9.66. The smallest absolute Gasteiger partial charge is 0.344 e. The Hall–Kier alpha value is -5.06. The van der Waals surface area contributed by atoms with Gasteiger partial charge in [-0.1, -0.05) is 114 Å². The molecule has 9 rings (SSSR count). The van der Waals surface area contributed by atoms with Gasteiger partial charge in [-0.2, -0.15) is 0 Å². The highest BCUT2D eigenvalue weighted by molar-refractivity contribution is 7.80. The number of anilines is 1. The second-order valence-electron chi connectivity index (χ2n) is 23.4. The van der Waals surface area contributed by atoms with Crippen LogP contribution in [0.15, 0.2) is 72.9 Å². The van der Waals surface area contributed by atoms with Crippen LogP contribution in [0.2, 0.25) is 0 Å². The maximum absolute atomic E-state index is 15.6. The molecule has 78 heavy (non-hydrogen) atoms. The third-order valence-electron chi connectivity index (χ3n) is 19.1. The molecule has 14 nitrogen and oxygen atoms in total. The Morgan fingerprint density at radius 3 is 2.29 bits per heavy atom. The fourth-order valence-corrected chi connectivity index (χ4v) is 15.8. The van der Waals surface area contributed by atoms with E-state index < -0.39 is 57.6 Å². The van der Waals surface area contributed by atoms with Crippen molar-refractivity contribution in [3.8, 4) is 5.75 Å². The number of esters is 2. The number of aromatic nitrogens is 1. The fraction of sp³-hybridized carbons (Fsp3) is 0.619. The number of carbonyl (C=O) groups excluding carboxylic acids is 3. The van der Waals surface area contributed by atoms with Gasteiger partial charge < -0.3 is 44.4 Å². The molecule has 5 aliphatic heterocycles. The van der Waals surface area contributed by atoms with Crippen LogP contribution in [-0.4, -0.2) is 139 Å². The molecular weight excluding hydrogens is 1000 g/mol. The minimum absolute atomic E-state index is 0.0662. The van der Waals surface area contributed by atoms with Crippen LogP contribution in [0.4, 0.5) is 5.69 Å². The van der Waals surface area contributed by atoms with E-state index in [0.717, 1.165) is 55.0 Å². The van der Waals surface area contributed by atoms with E-state index in [1.54, 1.807) is 7.11 Å². The molecule has 1 aliphatic carbocycles. The molecule has 3 aromatic rings. The normalized spacial score (nSPS) is 31.0. The first-order chi connectivity index (χ1) is 37.8. The van der Waals surface area contributed by atoms with Crippen molar-refractivity contribution in [2.75, 3.05) is 65.5 Å². The number of rotatable bonds is 23. The van der Waals surface area contributed by atoms with Crippen LogP contribution in [0.25, 0.3) is 10.9 Å². The number of amides is 1. The number of aliphatic hydroxyl groups is 2. The molecule has 6 aliphatic rings. The van der Waals surface area contributed by atoms with E-state index in [9.17, 15) is 19.8 Å². The lowest BCUT2D eigenvalue weighted by atomic mass is 9.47. The van der Waals surface area contributed by atoms with Gasteiger partial charge in [-0.15, -0.1) is 0 Å². The summed E-state index contributed by atoms with van der Waals surface area (Å²) in [7, 11) is 4.24. The molecule has 0 radical (unpaired) electrons. The number of aromatic amines is 1. The van der Waals surface area contributed by atoms with Crippen molar-refractivity contribution in [1.29, 1.82) is 0 Å². The van der Waals surface area contributed by atoms with Crippen LogP contribution in [0.1, 0.15) is 152 Å². The lowest BCUT2D eigenvalue weighted by Crippen LogP contribution is -2.81. The number of hydrogen-bond acceptors (Lipinski definition) is 12. The number of allylic oxidation sites excluding steroid dienone is 4. The van der Waals surface area contributed by atoms with Gasteiger partial charge in [-0.25, -0.2) is 4.79 Å². The number of unbranched alkanes of at least 4 members (excludes halogenated alkanes) is 9. The van der Waals surface area contributed by atoms with E-state index in [-0.39, 0.29) is 17.5 Å². The molecule has 1 spiro atoms. The largest absolute Gasteiger partial charge is 0.496 e. The number of nitrogens with zero attached hydrogens (tertiary/aromatic N) is 3. The first-order valence-corrected chi connectivity index (χ1v) is 29.8. The lowest BCUT2D eigenvalue weighted by Gasteiger charge is -2.63. The highest BCUT2D eigenvalue weighted by atomic mass is 32.1. The molecule has 3 fully saturated rings. The van der Waals surface area contributed by atoms with Crippen molar-refractivity contribution in [3.63, 3.8) is 0 Å². The number of benzene rings is 2. The molecule has 1 saturated carbocycles. The Morgan fingerprint density at radius 2 is 1.59 bits per heavy atom. The minimum atomic E-state index is -2.46. The van der Waals surface area contributed by atoms with Gasteiger partial charge >= 0.3 is 11.9 Å². The van der Waals surface area contributed by atoms with Gasteiger partial charge in [0.15, 0.2) is 6.10 Å². The summed E-state index contributed by atoms with van der Waals surface area (Å²) in [5.41, 5.74) is -2.78. The Bertz CT molecular complexity index is 2740. The average molecular weight is 1090 g/mol. The van der Waals surface area contributed by atoms with Crippen molar-refractivity contribution < 1.29 is 43.5 Å². The number of ether oxygens (including phenoxy) is 4. The number of thiocarbonyl (C=S) groups is 1. The molecule has 1 amide bonds. The number of fused-ring (bicyclic) bond motifs is 6. The summed E-state index contributed by atoms with van der Waals surface area (Å²) in [6.07, 6.45) is 29.2. The molecule has 6 heterocycles. The van der Waals surface area contributed by atoms with Gasteiger partial charge in [0.2, 0.25) is 12.0 Å². The van der Waals surface area contributed by atoms with Crippen LogP contribution in [0.5, 0.6) is 5.75 Å². The summed E-state index contributed by atoms with van der Waals surface area (Å²) < 4.78 is 24.9. The minimum Gasteiger partial charge on any atom is -0.496 e. The molecule has 2 bridgehead atoms. The van der Waals surface area contributed by atoms with E-state index in [1.165, 1.54) is 57.6 Å². The number of para-hydroxylation sites is 1. The van der Waals surface area contributed by atoms with Crippen LogP contribution < -0.4 is 15.0 Å². The Kier molecular flexibility index (Phi) is 18.0. The van der Waals surface area contributed by atoms with Crippen LogP contribution in [0.3, 0.4) is 0 Å². The van der Waals surface area contributed by atoms with E-state index in [0.29, 0.717) is 106 Å². The van der Waals surface area contributed by atoms with E-state index in [2.05, 4.69) is 69.5 Å². The molecule has 2 saturated heterocycles. The van der Waals surface area contributed by atoms with Gasteiger partial charge in [-0.05, 0) is 125 Å². The highest BCUT2D eigenvalue weighted by Crippen LogP contribution is 2.68. The molecule has 424 valence electrons. The van der Waals surface area contributed by atoms with Gasteiger partial charge in [0.1, 0.15) is 11.2 Å². The number of nitrogens with one attached hydrogen (secondary N) is 2. The van der Waals surface area contributed by atoms with Gasteiger partial charge in [0.25, 0.3) is 5.17 Å². The number of methoxy groups -OCH3 is 3. The fourth-order valence-electron chi connectivity index (χ4n) is 15.7. The Morgan fingerprint density at radius 1 is 0.859 bits per heavy atom. The zero-order valence-electron chi connectivity index (χ0n) is 47.3. The highest BCUT2D eigenvalue weighted by Gasteiger charge is 2.81. The zero-order chi connectivity index (χ0) is 55.3. The lowest BCUT2D eigenvalue weighted by molar-refractivity contribution is -0.214. The number of hydrogen-bond donors (Lipinski definition) is 4. The first-order valence-electron chi connectivity index (χ1n) is 29.4. The SMILES string of the molecule is CCCCCC=CCC=CCCCCCCCCNC(=S)O[C@@H]1[C@]2(CC)C=CCN3CC[C@@]4(c5cc([C@@]6(C(=O)OC)C[C@@H]7CN(CCc8c6[nH]c6ccccc86)C[C@](O)(CC)C7)c(OC)cc5N(C=O)[C@H]4[C@@]1(O)C(=O)OC)[C@@H]32. The van der Waals surface area contributed by atoms with Crippen molar-refractivity contribution in [3.05, 3.63) is 95.2 Å². The topological polar surface area (TPSA) is 166 Å². The summed E-state index contributed by atoms with van der Waals surface area (Å²) in [4.78, 5) is 54.6. The maximum Gasteiger partial charge on any atom is 0.344 e. The van der Waals surface area contributed by atoms with Gasteiger partial charge in [0, 0.05) is 77.8 Å². The van der Waals surface area contributed by atoms with Crippen molar-refractivity contribution in [2.45, 2.75) is 177 Å². The van der Waals surface area contributed by atoms with Crippen LogP contribution in [0, 0.1) is 11.3 Å². The van der Waals surface area contributed by atoms with Crippen molar-refractivity contribution in [1.82, 2.24) is 20.1 Å². The summed E-state index contributed by atoms with van der Waals surface area (Å²) in [6.45, 7) is 9.93. The molecule has 10 atom stereocenters. The number of H-pyrrole nitrogens is 1. The molecule has 2 aromatic carbocycles. The second kappa shape index (κ2) is 24.3. The predicted molar refractivity (Wildman–Crippen MR) is 310 cm³/mol. The van der Waals surface area contributed by atoms with E-state index in [4.69, 9.17) is 31.2 Å². The molecule has 4 N–H and O–H groups in total. The molecule has 1 aromatic heterocycles. The summed E-state index contributed by atoms with van der Waals surface area (Å²) in [6, 6.07) is 10.3. The Balaban J connectivity index is 1.05. The first kappa shape index (κ1) is 57.6. The maximum atomic E-state index is 15.6. The summed E-state index contributed by atoms with van der Waals surface area (Å²) >= 11 is 5.98. The molecular formula is C63H87N5O9S. The quantitative estimate of drug-likeness (QED) is 0.0233. The average Bonchev–Trinajstić information content (AvgIpc) is 4.13. The third-order valence-corrected chi connectivity index (χ3v) is 19.3. The summed E-state index contributed by atoms with van der Waals surface area (Å²) in [5, 5.41) is 30.4. The van der Waals surface area contributed by atoms with Crippen molar-refractivity contribution >= 4 is 52.3 Å². The van der Waals surface area contributed by atoms with Crippen LogP contribution >= 0.6 is 12.2 Å². The molecule has 15 heteroatoms. The standard InChI is InChI=1S/C63H87N5O9S/c1-7-10-11-12-13-14-15-16-17-18-19-20-21-22-23-26-33-64-58(78)77-55-60(9-3)31-27-34-67-36-32-61(53(60)67)47-37-48(51(74-4)38-50(47)68(43-69)54(61)63(55,73)57(71)76-6)62(56(70)75-5)40-44-39-59(72,8-2)42-66(41-44)35-30-46-45-28-24-25-29-49(45)65-52(46)62/h13-14,16-17,24-25,27-29,31,37-38,43-44,53-55,65,72-73H,7-12,15,18-23,26,30,32-36,39-42H2,1-6H3,(H,64,78)/t44-,53+,54-,55-,59+,60-,61-,62+,63+/m1/s1. The van der Waals surface area contributed by atoms with Gasteiger partial charge in [-0.3, -0.25) is 19.4 Å². The van der Waals surface area contributed by atoms with Crippen LogP contribution in [-0.2, 0) is 45.8 Å². The van der Waals surface area contributed by atoms with Crippen molar-refractivity contribution in [2.24, 2.45) is 11.3 Å². The number of carbonyl (C=O) groups is 3. The zero-order valence-corrected chi connectivity index (χ0v) is 48.1. The van der Waals surface area contributed by atoms with E-state index >= 15 is 4.79 Å². The second-order valence-corrected chi connectivity index (χ2v) is 23.8.